The van der Waals surface area contributed by atoms with Gasteiger partial charge in [-0.1, -0.05) is 45.4 Å². The van der Waals surface area contributed by atoms with E-state index in [-0.39, 0.29) is 35.1 Å². The first-order valence-electron chi connectivity index (χ1n) is 11.5. The van der Waals surface area contributed by atoms with Crippen LogP contribution in [0.15, 0.2) is 24.3 Å². The van der Waals surface area contributed by atoms with Crippen LogP contribution in [0.1, 0.15) is 76.2 Å². The summed E-state index contributed by atoms with van der Waals surface area (Å²) in [5.74, 6) is -0.221. The van der Waals surface area contributed by atoms with Crippen LogP contribution in [-0.2, 0) is 9.59 Å². The molecule has 0 bridgehead atoms. The van der Waals surface area contributed by atoms with Crippen LogP contribution in [0.25, 0.3) is 0 Å². The molecule has 2 rings (SSSR count). The molecule has 172 valence electrons. The number of likely N-dealkylation sites (tertiary alicyclic amines) is 1. The molecule has 2 N–H and O–H groups in total. The third-order valence-corrected chi connectivity index (χ3v) is 5.90. The SMILES string of the molecule is CC[C@H](C)NC(=O)[C@H](NC(=O)c1cccc(C)c1)C1CCN(C(=O)CC(C)(C)C)CC1. The summed E-state index contributed by atoms with van der Waals surface area (Å²) >= 11 is 0. The summed E-state index contributed by atoms with van der Waals surface area (Å²) in [6.07, 6.45) is 2.73. The van der Waals surface area contributed by atoms with Crippen LogP contribution in [0.5, 0.6) is 0 Å². The molecule has 0 unspecified atom stereocenters. The maximum absolute atomic E-state index is 13.0. The molecule has 0 saturated carbocycles. The van der Waals surface area contributed by atoms with Crippen molar-refractivity contribution in [2.45, 2.75) is 79.3 Å². The van der Waals surface area contributed by atoms with Crippen LogP contribution in [0.4, 0.5) is 0 Å². The predicted molar refractivity (Wildman–Crippen MR) is 124 cm³/mol. The number of nitrogens with zero attached hydrogens (tertiary/aromatic N) is 1. The Labute approximate surface area is 187 Å². The fourth-order valence-corrected chi connectivity index (χ4v) is 3.89. The summed E-state index contributed by atoms with van der Waals surface area (Å²) in [7, 11) is 0. The number of carbonyl (C=O) groups excluding carboxylic acids is 3. The Bertz CT molecular complexity index is 776. The molecule has 1 saturated heterocycles. The highest BCUT2D eigenvalue weighted by Gasteiger charge is 2.35. The molecular weight excluding hydrogens is 390 g/mol. The van der Waals surface area contributed by atoms with Gasteiger partial charge >= 0.3 is 0 Å². The summed E-state index contributed by atoms with van der Waals surface area (Å²) in [4.78, 5) is 40.4. The number of amides is 3. The van der Waals surface area contributed by atoms with E-state index in [1.807, 2.05) is 43.9 Å². The van der Waals surface area contributed by atoms with Gasteiger partial charge in [-0.2, -0.15) is 0 Å². The van der Waals surface area contributed by atoms with E-state index >= 15 is 0 Å². The molecule has 6 nitrogen and oxygen atoms in total. The molecule has 1 aromatic carbocycles. The molecule has 0 radical (unpaired) electrons. The zero-order valence-corrected chi connectivity index (χ0v) is 20.0. The van der Waals surface area contributed by atoms with E-state index in [0.29, 0.717) is 37.9 Å². The van der Waals surface area contributed by atoms with E-state index in [9.17, 15) is 14.4 Å². The van der Waals surface area contributed by atoms with E-state index in [0.717, 1.165) is 12.0 Å². The van der Waals surface area contributed by atoms with Gasteiger partial charge in [0.05, 0.1) is 0 Å². The minimum absolute atomic E-state index is 0.00324. The number of hydrogen-bond acceptors (Lipinski definition) is 3. The maximum Gasteiger partial charge on any atom is 0.251 e. The molecule has 0 spiro atoms. The van der Waals surface area contributed by atoms with E-state index in [4.69, 9.17) is 0 Å². The number of benzene rings is 1. The van der Waals surface area contributed by atoms with Crippen LogP contribution < -0.4 is 10.6 Å². The monoisotopic (exact) mass is 429 g/mol. The minimum Gasteiger partial charge on any atom is -0.352 e. The Morgan fingerprint density at radius 2 is 1.77 bits per heavy atom. The standard InChI is InChI=1S/C25H39N3O3/c1-7-18(3)26-24(31)22(27-23(30)20-10-8-9-17(2)15-20)19-11-13-28(14-12-19)21(29)16-25(4,5)6/h8-10,15,18-19,22H,7,11-14,16H2,1-6H3,(H,26,31)(H,27,30)/t18-,22+/m0/s1. The fourth-order valence-electron chi connectivity index (χ4n) is 3.89. The van der Waals surface area contributed by atoms with Crippen molar-refractivity contribution >= 4 is 17.7 Å². The van der Waals surface area contributed by atoms with Gasteiger partial charge in [0.25, 0.3) is 5.91 Å². The van der Waals surface area contributed by atoms with Crippen molar-refractivity contribution in [2.24, 2.45) is 11.3 Å². The summed E-state index contributed by atoms with van der Waals surface area (Å²) in [5, 5.41) is 6.01. The molecule has 1 heterocycles. The van der Waals surface area contributed by atoms with Crippen molar-refractivity contribution < 1.29 is 14.4 Å². The number of nitrogens with one attached hydrogen (secondary N) is 2. The van der Waals surface area contributed by atoms with Crippen LogP contribution in [0.2, 0.25) is 0 Å². The predicted octanol–water partition coefficient (Wildman–Crippen LogP) is 3.68. The first-order valence-corrected chi connectivity index (χ1v) is 11.5. The van der Waals surface area contributed by atoms with Crippen molar-refractivity contribution in [3.8, 4) is 0 Å². The van der Waals surface area contributed by atoms with Crippen molar-refractivity contribution in [1.82, 2.24) is 15.5 Å². The summed E-state index contributed by atoms with van der Waals surface area (Å²) in [6, 6.07) is 6.81. The average molecular weight is 430 g/mol. The molecular formula is C25H39N3O3. The Balaban J connectivity index is 2.09. The summed E-state index contributed by atoms with van der Waals surface area (Å²) in [5.41, 5.74) is 1.51. The van der Waals surface area contributed by atoms with Crippen LogP contribution >= 0.6 is 0 Å². The van der Waals surface area contributed by atoms with E-state index in [1.165, 1.54) is 0 Å². The minimum atomic E-state index is -0.609. The number of carbonyl (C=O) groups is 3. The molecule has 1 fully saturated rings. The first-order chi connectivity index (χ1) is 14.5. The van der Waals surface area contributed by atoms with Crippen LogP contribution in [0.3, 0.4) is 0 Å². The molecule has 0 aliphatic carbocycles. The third-order valence-electron chi connectivity index (χ3n) is 5.90. The lowest BCUT2D eigenvalue weighted by Gasteiger charge is -2.37. The van der Waals surface area contributed by atoms with Gasteiger partial charge in [0, 0.05) is 31.1 Å². The Morgan fingerprint density at radius 1 is 1.13 bits per heavy atom. The van der Waals surface area contributed by atoms with Gasteiger partial charge in [-0.25, -0.2) is 0 Å². The Morgan fingerprint density at radius 3 is 2.32 bits per heavy atom. The average Bonchev–Trinajstić information content (AvgIpc) is 2.70. The lowest BCUT2D eigenvalue weighted by Crippen LogP contribution is -2.55. The van der Waals surface area contributed by atoms with Crippen molar-refractivity contribution in [3.63, 3.8) is 0 Å². The van der Waals surface area contributed by atoms with Gasteiger partial charge < -0.3 is 15.5 Å². The molecule has 2 atom stereocenters. The molecule has 1 aliphatic heterocycles. The molecule has 1 aliphatic rings. The summed E-state index contributed by atoms with van der Waals surface area (Å²) < 4.78 is 0. The highest BCUT2D eigenvalue weighted by molar-refractivity contribution is 5.97. The van der Waals surface area contributed by atoms with Crippen LogP contribution in [-0.4, -0.2) is 47.8 Å². The van der Waals surface area contributed by atoms with Gasteiger partial charge in [-0.05, 0) is 56.6 Å². The van der Waals surface area contributed by atoms with Gasteiger partial charge in [-0.15, -0.1) is 0 Å². The molecule has 3 amide bonds. The molecule has 31 heavy (non-hydrogen) atoms. The van der Waals surface area contributed by atoms with Crippen LogP contribution in [0, 0.1) is 18.3 Å². The van der Waals surface area contributed by atoms with E-state index < -0.39 is 6.04 Å². The zero-order chi connectivity index (χ0) is 23.2. The van der Waals surface area contributed by atoms with E-state index in [2.05, 4.69) is 31.4 Å². The van der Waals surface area contributed by atoms with Gasteiger partial charge in [0.1, 0.15) is 6.04 Å². The number of rotatable bonds is 7. The highest BCUT2D eigenvalue weighted by Crippen LogP contribution is 2.25. The van der Waals surface area contributed by atoms with Crippen molar-refractivity contribution in [2.75, 3.05) is 13.1 Å². The molecule has 0 aromatic heterocycles. The summed E-state index contributed by atoms with van der Waals surface area (Å²) in [6.45, 7) is 13.3. The topological polar surface area (TPSA) is 78.5 Å². The lowest BCUT2D eigenvalue weighted by molar-refractivity contribution is -0.134. The second-order valence-electron chi connectivity index (χ2n) is 10.1. The lowest BCUT2D eigenvalue weighted by atomic mass is 9.87. The quantitative estimate of drug-likeness (QED) is 0.694. The third kappa shape index (κ3) is 7.67. The fraction of sp³-hybridized carbons (Fsp3) is 0.640. The zero-order valence-electron chi connectivity index (χ0n) is 20.0. The number of aryl methyl sites for hydroxylation is 1. The number of piperidine rings is 1. The second kappa shape index (κ2) is 10.8. The van der Waals surface area contributed by atoms with Gasteiger partial charge in [0.15, 0.2) is 0 Å². The Kier molecular flexibility index (Phi) is 8.66. The first kappa shape index (κ1) is 24.9. The van der Waals surface area contributed by atoms with Crippen molar-refractivity contribution in [3.05, 3.63) is 35.4 Å². The van der Waals surface area contributed by atoms with E-state index in [1.54, 1.807) is 6.07 Å². The smallest absolute Gasteiger partial charge is 0.251 e. The number of hydrogen-bond donors (Lipinski definition) is 2. The van der Waals surface area contributed by atoms with Crippen molar-refractivity contribution in [1.29, 1.82) is 0 Å². The Hall–Kier alpha value is -2.37. The largest absolute Gasteiger partial charge is 0.352 e. The molecule has 1 aromatic rings. The van der Waals surface area contributed by atoms with Gasteiger partial charge in [0.2, 0.25) is 11.8 Å². The van der Waals surface area contributed by atoms with Gasteiger partial charge in [-0.3, -0.25) is 14.4 Å². The highest BCUT2D eigenvalue weighted by atomic mass is 16.2. The normalized spacial score (nSPS) is 17.0. The maximum atomic E-state index is 13.0. The molecule has 6 heteroatoms. The second-order valence-corrected chi connectivity index (χ2v) is 10.1.